The van der Waals surface area contributed by atoms with Gasteiger partial charge < -0.3 is 15.5 Å². The number of benzene rings is 2. The monoisotopic (exact) mass is 297 g/mol. The first-order valence-corrected chi connectivity index (χ1v) is 7.93. The van der Waals surface area contributed by atoms with Gasteiger partial charge in [0.15, 0.2) is 0 Å². The smallest absolute Gasteiger partial charge is 0.0420 e. The van der Waals surface area contributed by atoms with E-state index in [2.05, 4.69) is 72.1 Å². The van der Waals surface area contributed by atoms with Crippen molar-refractivity contribution in [3.63, 3.8) is 0 Å². The summed E-state index contributed by atoms with van der Waals surface area (Å²) in [6.45, 7) is 2.06. The Labute approximate surface area is 134 Å². The van der Waals surface area contributed by atoms with Crippen LogP contribution in [0.2, 0.25) is 0 Å². The minimum atomic E-state index is 1.00. The predicted molar refractivity (Wildman–Crippen MR) is 96.1 cm³/mol. The minimum absolute atomic E-state index is 1.00. The van der Waals surface area contributed by atoms with Crippen LogP contribution in [0.1, 0.15) is 11.1 Å². The van der Waals surface area contributed by atoms with Gasteiger partial charge in [-0.15, -0.1) is 0 Å². The van der Waals surface area contributed by atoms with E-state index in [1.807, 2.05) is 13.1 Å². The van der Waals surface area contributed by atoms with E-state index in [9.17, 15) is 0 Å². The fourth-order valence-corrected chi connectivity index (χ4v) is 2.55. The maximum atomic E-state index is 3.57. The Morgan fingerprint density at radius 3 is 2.36 bits per heavy atom. The number of hydrogen-bond acceptors (Lipinski definition) is 3. The molecule has 3 heteroatoms. The molecule has 2 aromatic carbocycles. The van der Waals surface area contributed by atoms with Crippen molar-refractivity contribution >= 4 is 11.4 Å². The summed E-state index contributed by atoms with van der Waals surface area (Å²) in [4.78, 5) is 2.24. The number of nitrogens with zero attached hydrogens (tertiary/aromatic N) is 1. The van der Waals surface area contributed by atoms with Gasteiger partial charge >= 0.3 is 0 Å². The summed E-state index contributed by atoms with van der Waals surface area (Å²) in [6, 6.07) is 17.0. The summed E-state index contributed by atoms with van der Waals surface area (Å²) >= 11 is 0. The molecule has 0 atom stereocenters. The molecular formula is C19H27N3. The normalized spacial score (nSPS) is 10.9. The van der Waals surface area contributed by atoms with E-state index in [1.54, 1.807) is 0 Å². The summed E-state index contributed by atoms with van der Waals surface area (Å²) in [5.41, 5.74) is 5.22. The standard InChI is InChI=1S/C19H27N3/c1-20-14-12-16-8-7-11-19(18(16)13-15-22(2)3)21-17-9-5-4-6-10-17/h4-11,20-21H,12-15H2,1-3H3. The SMILES string of the molecule is CNCCc1cccc(Nc2ccccc2)c1CCN(C)C. The highest BCUT2D eigenvalue weighted by atomic mass is 15.0. The fourth-order valence-electron chi connectivity index (χ4n) is 2.55. The van der Waals surface area contributed by atoms with Crippen molar-refractivity contribution in [2.45, 2.75) is 12.8 Å². The van der Waals surface area contributed by atoms with Crippen molar-refractivity contribution in [1.29, 1.82) is 0 Å². The van der Waals surface area contributed by atoms with Crippen LogP contribution < -0.4 is 10.6 Å². The maximum absolute atomic E-state index is 3.57. The van der Waals surface area contributed by atoms with Crippen LogP contribution in [-0.4, -0.2) is 39.1 Å². The Hall–Kier alpha value is -1.84. The summed E-state index contributed by atoms with van der Waals surface area (Å²) < 4.78 is 0. The van der Waals surface area contributed by atoms with Crippen LogP contribution >= 0.6 is 0 Å². The molecule has 0 unspecified atom stereocenters. The number of para-hydroxylation sites is 1. The number of hydrogen-bond donors (Lipinski definition) is 2. The number of anilines is 2. The quantitative estimate of drug-likeness (QED) is 0.783. The van der Waals surface area contributed by atoms with E-state index in [1.165, 1.54) is 16.8 Å². The Balaban J connectivity index is 2.25. The highest BCUT2D eigenvalue weighted by Gasteiger charge is 2.09. The molecule has 0 amide bonds. The third-order valence-corrected chi connectivity index (χ3v) is 3.78. The number of rotatable bonds is 8. The third kappa shape index (κ3) is 4.86. The predicted octanol–water partition coefficient (Wildman–Crippen LogP) is 3.30. The van der Waals surface area contributed by atoms with E-state index in [-0.39, 0.29) is 0 Å². The molecule has 0 heterocycles. The second-order valence-electron chi connectivity index (χ2n) is 5.84. The summed E-state index contributed by atoms with van der Waals surface area (Å²) in [5.74, 6) is 0. The zero-order valence-corrected chi connectivity index (χ0v) is 13.9. The van der Waals surface area contributed by atoms with Gasteiger partial charge in [0, 0.05) is 17.9 Å². The molecule has 2 rings (SSSR count). The highest BCUT2D eigenvalue weighted by Crippen LogP contribution is 2.25. The molecule has 22 heavy (non-hydrogen) atoms. The summed E-state index contributed by atoms with van der Waals surface area (Å²) in [7, 11) is 6.26. The van der Waals surface area contributed by atoms with Gasteiger partial charge in [0.05, 0.1) is 0 Å². The lowest BCUT2D eigenvalue weighted by molar-refractivity contribution is 0.413. The van der Waals surface area contributed by atoms with E-state index >= 15 is 0 Å². The first-order valence-electron chi connectivity index (χ1n) is 7.93. The second-order valence-corrected chi connectivity index (χ2v) is 5.84. The van der Waals surface area contributed by atoms with Crippen molar-refractivity contribution in [1.82, 2.24) is 10.2 Å². The maximum Gasteiger partial charge on any atom is 0.0420 e. The first-order chi connectivity index (χ1) is 10.7. The molecule has 0 saturated heterocycles. The average Bonchev–Trinajstić information content (AvgIpc) is 2.52. The Morgan fingerprint density at radius 1 is 0.909 bits per heavy atom. The Kier molecular flexibility index (Phi) is 6.44. The highest BCUT2D eigenvalue weighted by molar-refractivity contribution is 5.64. The molecule has 0 aliphatic heterocycles. The molecule has 2 N–H and O–H groups in total. The molecule has 0 fully saturated rings. The molecule has 0 radical (unpaired) electrons. The molecule has 0 aliphatic rings. The van der Waals surface area contributed by atoms with Crippen LogP contribution in [0.3, 0.4) is 0 Å². The molecule has 2 aromatic rings. The van der Waals surface area contributed by atoms with Gasteiger partial charge in [0.1, 0.15) is 0 Å². The molecule has 0 bridgehead atoms. The van der Waals surface area contributed by atoms with Gasteiger partial charge in [0.25, 0.3) is 0 Å². The van der Waals surface area contributed by atoms with Crippen molar-refractivity contribution in [3.05, 3.63) is 59.7 Å². The first kappa shape index (κ1) is 16.5. The van der Waals surface area contributed by atoms with E-state index < -0.39 is 0 Å². The van der Waals surface area contributed by atoms with Gasteiger partial charge in [-0.1, -0.05) is 30.3 Å². The van der Waals surface area contributed by atoms with Crippen molar-refractivity contribution < 1.29 is 0 Å². The van der Waals surface area contributed by atoms with E-state index in [0.29, 0.717) is 0 Å². The molecule has 0 spiro atoms. The lowest BCUT2D eigenvalue weighted by Crippen LogP contribution is -2.18. The number of likely N-dealkylation sites (N-methyl/N-ethyl adjacent to an activating group) is 2. The van der Waals surface area contributed by atoms with E-state index in [0.717, 1.165) is 31.6 Å². The Bertz CT molecular complexity index is 564. The van der Waals surface area contributed by atoms with Crippen LogP contribution in [0.25, 0.3) is 0 Å². The minimum Gasteiger partial charge on any atom is -0.355 e. The summed E-state index contributed by atoms with van der Waals surface area (Å²) in [5, 5.41) is 6.82. The zero-order chi connectivity index (χ0) is 15.8. The van der Waals surface area contributed by atoms with Gasteiger partial charge in [-0.05, 0) is 69.9 Å². The Morgan fingerprint density at radius 2 is 1.68 bits per heavy atom. The van der Waals surface area contributed by atoms with Crippen LogP contribution in [0, 0.1) is 0 Å². The van der Waals surface area contributed by atoms with Crippen LogP contribution in [-0.2, 0) is 12.8 Å². The molecule has 0 aromatic heterocycles. The zero-order valence-electron chi connectivity index (χ0n) is 13.9. The van der Waals surface area contributed by atoms with Crippen molar-refractivity contribution in [2.75, 3.05) is 39.5 Å². The lowest BCUT2D eigenvalue weighted by Gasteiger charge is -2.18. The van der Waals surface area contributed by atoms with Gasteiger partial charge in [-0.25, -0.2) is 0 Å². The van der Waals surface area contributed by atoms with Crippen molar-refractivity contribution in [2.24, 2.45) is 0 Å². The number of nitrogens with one attached hydrogen (secondary N) is 2. The topological polar surface area (TPSA) is 27.3 Å². The van der Waals surface area contributed by atoms with Crippen molar-refractivity contribution in [3.8, 4) is 0 Å². The van der Waals surface area contributed by atoms with Gasteiger partial charge in [-0.2, -0.15) is 0 Å². The lowest BCUT2D eigenvalue weighted by atomic mass is 9.99. The van der Waals surface area contributed by atoms with Crippen LogP contribution in [0.5, 0.6) is 0 Å². The van der Waals surface area contributed by atoms with E-state index in [4.69, 9.17) is 0 Å². The summed E-state index contributed by atoms with van der Waals surface area (Å²) in [6.07, 6.45) is 2.12. The van der Waals surface area contributed by atoms with Gasteiger partial charge in [0.2, 0.25) is 0 Å². The molecular weight excluding hydrogens is 270 g/mol. The molecule has 118 valence electrons. The van der Waals surface area contributed by atoms with Gasteiger partial charge in [-0.3, -0.25) is 0 Å². The third-order valence-electron chi connectivity index (χ3n) is 3.78. The molecule has 0 aliphatic carbocycles. The van der Waals surface area contributed by atoms with Crippen LogP contribution in [0.15, 0.2) is 48.5 Å². The average molecular weight is 297 g/mol. The largest absolute Gasteiger partial charge is 0.355 e. The second kappa shape index (κ2) is 8.57. The van der Waals surface area contributed by atoms with Crippen LogP contribution in [0.4, 0.5) is 11.4 Å². The molecule has 0 saturated carbocycles. The fraction of sp³-hybridized carbons (Fsp3) is 0.368. The molecule has 3 nitrogen and oxygen atoms in total.